The number of carbonyl (C=O) groups is 5. The van der Waals surface area contributed by atoms with Crippen LogP contribution in [0.3, 0.4) is 0 Å². The van der Waals surface area contributed by atoms with Crippen molar-refractivity contribution in [2.45, 2.75) is 14.1 Å². The van der Waals surface area contributed by atoms with Crippen LogP contribution in [0, 0.1) is 11.8 Å². The monoisotopic (exact) mass is 822 g/mol. The first-order chi connectivity index (χ1) is 23.0. The number of hydrogen-bond acceptors (Lipinski definition) is 7. The Morgan fingerprint density at radius 2 is 1.37 bits per heavy atom. The Balaban J connectivity index is 1.32. The molecule has 3 aromatic carbocycles. The molecule has 254 valence electrons. The van der Waals surface area contributed by atoms with Crippen molar-refractivity contribution in [3.8, 4) is 11.5 Å². The molecule has 1 saturated heterocycles. The zero-order chi connectivity index (χ0) is 35.8. The van der Waals surface area contributed by atoms with Crippen molar-refractivity contribution >= 4 is 122 Å². The summed E-state index contributed by atoms with van der Waals surface area (Å²) in [5, 5.41) is 0.473. The molecule has 0 aromatic heterocycles. The van der Waals surface area contributed by atoms with Crippen LogP contribution in [0.4, 0.5) is 0 Å². The fourth-order valence-corrected chi connectivity index (χ4v) is 9.52. The molecule has 1 saturated carbocycles. The van der Waals surface area contributed by atoms with Gasteiger partial charge in [-0.1, -0.05) is 75.7 Å². The van der Waals surface area contributed by atoms with Crippen molar-refractivity contribution in [1.29, 1.82) is 0 Å². The number of ketones is 1. The summed E-state index contributed by atoms with van der Waals surface area (Å²) in [4.78, 5) is 64.3. The molecule has 3 aromatic rings. The van der Waals surface area contributed by atoms with Crippen molar-refractivity contribution in [3.05, 3.63) is 104 Å². The summed E-state index contributed by atoms with van der Waals surface area (Å²) in [6.07, 6.45) is 0. The number of esters is 1. The topological polar surface area (TPSA) is 110 Å². The maximum Gasteiger partial charge on any atom is 0.343 e. The molecule has 2 bridgehead atoms. The minimum absolute atomic E-state index is 0.0245. The SMILES string of the molecule is COc1cccc(C(=O)Oc2ccc(C(=O)CN(C(=O)c3ccc(Cl)cc3Cl)N3C(=O)[C@@H]4[C@@H](C3=O)[C@@]3(Cl)C(Cl)=C(Cl)[C@@]4(Cl)C3(Cl)Cl)cc2)c1. The quantitative estimate of drug-likeness (QED) is 0.0747. The van der Waals surface area contributed by atoms with Crippen LogP contribution in [-0.4, -0.2) is 67.2 Å². The number of carbonyl (C=O) groups excluding carboxylic acids is 5. The highest BCUT2D eigenvalue weighted by Gasteiger charge is 2.88. The summed E-state index contributed by atoms with van der Waals surface area (Å²) < 4.78 is 8.31. The first kappa shape index (κ1) is 36.1. The van der Waals surface area contributed by atoms with Crippen LogP contribution in [0.5, 0.6) is 11.5 Å². The number of alkyl halides is 4. The highest BCUT2D eigenvalue weighted by atomic mass is 35.5. The third kappa shape index (κ3) is 5.32. The number of benzene rings is 3. The molecule has 1 heterocycles. The van der Waals surface area contributed by atoms with E-state index in [-0.39, 0.29) is 42.5 Å². The number of rotatable bonds is 8. The van der Waals surface area contributed by atoms with Crippen LogP contribution in [0.1, 0.15) is 31.1 Å². The molecule has 9 nitrogen and oxygen atoms in total. The summed E-state index contributed by atoms with van der Waals surface area (Å²) in [6.45, 7) is -0.857. The second kappa shape index (κ2) is 12.8. The lowest BCUT2D eigenvalue weighted by Gasteiger charge is -2.36. The van der Waals surface area contributed by atoms with Crippen LogP contribution in [0.15, 0.2) is 76.8 Å². The predicted octanol–water partition coefficient (Wildman–Crippen LogP) is 7.91. The van der Waals surface area contributed by atoms with Gasteiger partial charge in [0.15, 0.2) is 10.1 Å². The highest BCUT2D eigenvalue weighted by molar-refractivity contribution is 6.67. The van der Waals surface area contributed by atoms with E-state index in [1.54, 1.807) is 12.1 Å². The van der Waals surface area contributed by atoms with Crippen LogP contribution in [-0.2, 0) is 9.59 Å². The van der Waals surface area contributed by atoms with E-state index in [4.69, 9.17) is 102 Å². The molecule has 0 radical (unpaired) electrons. The summed E-state index contributed by atoms with van der Waals surface area (Å²) in [5.74, 6) is -7.15. The van der Waals surface area contributed by atoms with Crippen molar-refractivity contribution < 1.29 is 33.4 Å². The van der Waals surface area contributed by atoms with Gasteiger partial charge in [-0.3, -0.25) is 19.2 Å². The van der Waals surface area contributed by atoms with Gasteiger partial charge in [0.05, 0.1) is 45.2 Å². The minimum Gasteiger partial charge on any atom is -0.497 e. The Hall–Kier alpha value is -2.73. The molecule has 6 rings (SSSR count). The van der Waals surface area contributed by atoms with E-state index in [1.165, 1.54) is 61.7 Å². The number of hydrogen-bond donors (Lipinski definition) is 0. The molecule has 0 unspecified atom stereocenters. The summed E-state index contributed by atoms with van der Waals surface area (Å²) in [5.41, 5.74) is 0.0543. The van der Waals surface area contributed by atoms with Crippen LogP contribution >= 0.6 is 92.8 Å². The smallest absolute Gasteiger partial charge is 0.343 e. The third-order valence-corrected chi connectivity index (χ3v) is 13.3. The lowest BCUT2D eigenvalue weighted by molar-refractivity contribution is -0.154. The van der Waals surface area contributed by atoms with E-state index < -0.39 is 61.9 Å². The lowest BCUT2D eigenvalue weighted by atomic mass is 9.84. The molecule has 1 aliphatic heterocycles. The van der Waals surface area contributed by atoms with E-state index in [2.05, 4.69) is 0 Å². The highest BCUT2D eigenvalue weighted by Crippen LogP contribution is 2.77. The average Bonchev–Trinajstić information content (AvgIpc) is 3.46. The third-order valence-electron chi connectivity index (χ3n) is 8.51. The fraction of sp³-hybridized carbons (Fsp3) is 0.219. The summed E-state index contributed by atoms with van der Waals surface area (Å²) in [7, 11) is 1.46. The maximum absolute atomic E-state index is 14.1. The van der Waals surface area contributed by atoms with Crippen molar-refractivity contribution in [3.63, 3.8) is 0 Å². The maximum atomic E-state index is 14.1. The number of Topliss-reactive ketones (excluding diaryl/α,β-unsaturated/α-hetero) is 1. The number of amides is 3. The zero-order valence-electron chi connectivity index (χ0n) is 24.5. The molecular weight excluding hydrogens is 808 g/mol. The van der Waals surface area contributed by atoms with E-state index in [1.807, 2.05) is 0 Å². The second-order valence-electron chi connectivity index (χ2n) is 11.1. The van der Waals surface area contributed by atoms with Crippen molar-refractivity contribution in [2.24, 2.45) is 11.8 Å². The van der Waals surface area contributed by atoms with Gasteiger partial charge >= 0.3 is 5.97 Å². The van der Waals surface area contributed by atoms with Gasteiger partial charge in [-0.05, 0) is 60.7 Å². The van der Waals surface area contributed by atoms with Crippen molar-refractivity contribution in [2.75, 3.05) is 13.7 Å². The molecule has 17 heteroatoms. The number of methoxy groups -OCH3 is 1. The number of hydrazine groups is 1. The Kier molecular flexibility index (Phi) is 9.42. The summed E-state index contributed by atoms with van der Waals surface area (Å²) >= 11 is 52.0. The largest absolute Gasteiger partial charge is 0.497 e. The van der Waals surface area contributed by atoms with Crippen molar-refractivity contribution in [1.82, 2.24) is 10.0 Å². The molecule has 3 amide bonds. The molecule has 2 fully saturated rings. The number of ether oxygens (including phenoxy) is 2. The molecule has 4 atom stereocenters. The van der Waals surface area contributed by atoms with E-state index in [0.717, 1.165) is 0 Å². The molecule has 3 aliphatic rings. The van der Waals surface area contributed by atoms with Crippen LogP contribution in [0.2, 0.25) is 10.0 Å². The average molecular weight is 826 g/mol. The van der Waals surface area contributed by atoms with Gasteiger partial charge in [-0.25, -0.2) is 9.80 Å². The Morgan fingerprint density at radius 3 is 1.92 bits per heavy atom. The van der Waals surface area contributed by atoms with E-state index in [9.17, 15) is 24.0 Å². The number of imide groups is 1. The van der Waals surface area contributed by atoms with Crippen LogP contribution in [0.25, 0.3) is 0 Å². The zero-order valence-corrected chi connectivity index (χ0v) is 30.5. The first-order valence-electron chi connectivity index (χ1n) is 14.0. The fourth-order valence-electron chi connectivity index (χ4n) is 6.11. The first-order valence-corrected chi connectivity index (χ1v) is 17.0. The minimum atomic E-state index is -2.22. The molecule has 2 aliphatic carbocycles. The second-order valence-corrected chi connectivity index (χ2v) is 15.2. The van der Waals surface area contributed by atoms with E-state index in [0.29, 0.717) is 15.8 Å². The number of nitrogens with zero attached hydrogens (tertiary/aromatic N) is 2. The van der Waals surface area contributed by atoms with Crippen LogP contribution < -0.4 is 9.47 Å². The van der Waals surface area contributed by atoms with Gasteiger partial charge in [0.1, 0.15) is 27.8 Å². The predicted molar refractivity (Wildman–Crippen MR) is 185 cm³/mol. The van der Waals surface area contributed by atoms with Gasteiger partial charge in [-0.2, -0.15) is 5.01 Å². The van der Waals surface area contributed by atoms with Gasteiger partial charge in [0.2, 0.25) is 0 Å². The number of fused-ring (bicyclic) bond motifs is 5. The van der Waals surface area contributed by atoms with E-state index >= 15 is 0 Å². The molecule has 49 heavy (non-hydrogen) atoms. The molecular formula is C32H18Cl8N2O7. The molecule has 0 N–H and O–H groups in total. The Labute approximate surface area is 318 Å². The summed E-state index contributed by atoms with van der Waals surface area (Å²) in [6, 6.07) is 15.6. The number of halogens is 8. The lowest BCUT2D eigenvalue weighted by Crippen LogP contribution is -2.56. The Morgan fingerprint density at radius 1 is 0.776 bits per heavy atom. The normalized spacial score (nSPS) is 25.0. The molecule has 0 spiro atoms. The number of allylic oxidation sites excluding steroid dienone is 2. The standard InChI is InChI=1S/C32H18Cl8N2O7/c1-48-18-4-2-3-15(11-18)29(47)49-17-8-5-14(6-9-17)21(43)13-41(26(44)19-10-7-16(33)12-20(19)34)42-27(45)22-23(28(42)46)31(38)25(36)24(35)30(22,37)32(31,39)40/h2-12,22-23H,13H2,1H3/t22-,23-,30+,31+/m0/s1. The van der Waals surface area contributed by atoms with Gasteiger partial charge in [-0.15, -0.1) is 23.2 Å². The van der Waals surface area contributed by atoms with Gasteiger partial charge < -0.3 is 9.47 Å². The van der Waals surface area contributed by atoms with Gasteiger partial charge in [0, 0.05) is 10.6 Å². The van der Waals surface area contributed by atoms with Gasteiger partial charge in [0.25, 0.3) is 17.7 Å². The Bertz CT molecular complexity index is 1960.